The maximum Gasteiger partial charge on any atom is 0.252 e. The lowest BCUT2D eigenvalue weighted by molar-refractivity contribution is 0.0784. The standard InChI is InChI=1S/C19H21N3O3S2/c1-14(19(23)16-13-20-17-6-3-2-5-15(16)17)21-8-10-22(11-9-21)27(24,25)18-7-4-12-26-18/h2-7,12-14,20H,8-11H2,1H3/t14-/m0/s1. The van der Waals surface area contributed by atoms with Crippen LogP contribution in [0, 0.1) is 0 Å². The number of sulfonamides is 1. The molecule has 1 saturated heterocycles. The number of rotatable bonds is 5. The van der Waals surface area contributed by atoms with Crippen LogP contribution in [0.25, 0.3) is 10.9 Å². The number of aromatic amines is 1. The van der Waals surface area contributed by atoms with Gasteiger partial charge in [-0.2, -0.15) is 4.31 Å². The van der Waals surface area contributed by atoms with Crippen LogP contribution in [0.1, 0.15) is 17.3 Å². The van der Waals surface area contributed by atoms with Gasteiger partial charge < -0.3 is 4.98 Å². The topological polar surface area (TPSA) is 73.5 Å². The Morgan fingerprint density at radius 3 is 2.56 bits per heavy atom. The normalized spacial score (nSPS) is 18.0. The van der Waals surface area contributed by atoms with Crippen molar-refractivity contribution < 1.29 is 13.2 Å². The van der Waals surface area contributed by atoms with Crippen LogP contribution >= 0.6 is 11.3 Å². The smallest absolute Gasteiger partial charge is 0.252 e. The van der Waals surface area contributed by atoms with Gasteiger partial charge in [0.1, 0.15) is 4.21 Å². The van der Waals surface area contributed by atoms with Crippen LogP contribution in [0.2, 0.25) is 0 Å². The van der Waals surface area contributed by atoms with Gasteiger partial charge in [0.25, 0.3) is 10.0 Å². The zero-order valence-corrected chi connectivity index (χ0v) is 16.6. The summed E-state index contributed by atoms with van der Waals surface area (Å²) in [4.78, 5) is 18.2. The first-order valence-corrected chi connectivity index (χ1v) is 11.2. The number of para-hydroxylation sites is 1. The third-order valence-corrected chi connectivity index (χ3v) is 8.42. The van der Waals surface area contributed by atoms with Crippen molar-refractivity contribution in [2.24, 2.45) is 0 Å². The second-order valence-electron chi connectivity index (χ2n) is 6.66. The third-order valence-electron chi connectivity index (χ3n) is 5.14. The van der Waals surface area contributed by atoms with Gasteiger partial charge in [-0.3, -0.25) is 9.69 Å². The lowest BCUT2D eigenvalue weighted by atomic mass is 10.0. The highest BCUT2D eigenvalue weighted by atomic mass is 32.2. The highest BCUT2D eigenvalue weighted by molar-refractivity contribution is 7.91. The van der Waals surface area contributed by atoms with E-state index in [-0.39, 0.29) is 11.8 Å². The van der Waals surface area contributed by atoms with Gasteiger partial charge in [-0.1, -0.05) is 24.3 Å². The van der Waals surface area contributed by atoms with E-state index in [0.29, 0.717) is 36.0 Å². The van der Waals surface area contributed by atoms with Crippen LogP contribution < -0.4 is 0 Å². The molecule has 1 N–H and O–H groups in total. The van der Waals surface area contributed by atoms with Gasteiger partial charge in [-0.25, -0.2) is 8.42 Å². The SMILES string of the molecule is C[C@@H](C(=O)c1c[nH]c2ccccc12)N1CCN(S(=O)(=O)c2cccs2)CC1. The maximum absolute atomic E-state index is 13.0. The van der Waals surface area contributed by atoms with E-state index in [2.05, 4.69) is 9.88 Å². The molecule has 1 aromatic carbocycles. The predicted octanol–water partition coefficient (Wildman–Crippen LogP) is 2.81. The number of hydrogen-bond donors (Lipinski definition) is 1. The molecule has 1 atom stereocenters. The van der Waals surface area contributed by atoms with E-state index in [9.17, 15) is 13.2 Å². The van der Waals surface area contributed by atoms with Gasteiger partial charge in [-0.05, 0) is 24.4 Å². The van der Waals surface area contributed by atoms with Crippen molar-refractivity contribution >= 4 is 38.0 Å². The number of Topliss-reactive ketones (excluding diaryl/α,β-unsaturated/α-hetero) is 1. The summed E-state index contributed by atoms with van der Waals surface area (Å²) < 4.78 is 27.2. The Morgan fingerprint density at radius 2 is 1.85 bits per heavy atom. The van der Waals surface area contributed by atoms with Crippen LogP contribution in [-0.4, -0.2) is 60.6 Å². The Bertz CT molecular complexity index is 1050. The second-order valence-corrected chi connectivity index (χ2v) is 9.77. The molecule has 0 saturated carbocycles. The van der Waals surface area contributed by atoms with E-state index in [1.807, 2.05) is 31.2 Å². The number of nitrogens with one attached hydrogen (secondary N) is 1. The third kappa shape index (κ3) is 3.34. The first-order chi connectivity index (χ1) is 13.0. The zero-order valence-electron chi connectivity index (χ0n) is 15.0. The van der Waals surface area contributed by atoms with Crippen LogP contribution in [0.3, 0.4) is 0 Å². The molecule has 0 bridgehead atoms. The van der Waals surface area contributed by atoms with Crippen molar-refractivity contribution in [1.29, 1.82) is 0 Å². The molecule has 1 aliphatic rings. The summed E-state index contributed by atoms with van der Waals surface area (Å²) in [5, 5.41) is 2.69. The fraction of sp³-hybridized carbons (Fsp3) is 0.316. The molecule has 27 heavy (non-hydrogen) atoms. The van der Waals surface area contributed by atoms with Gasteiger partial charge in [0.15, 0.2) is 5.78 Å². The van der Waals surface area contributed by atoms with Crippen molar-refractivity contribution in [2.75, 3.05) is 26.2 Å². The number of thiophene rings is 1. The molecular weight excluding hydrogens is 382 g/mol. The van der Waals surface area contributed by atoms with Gasteiger partial charge in [0.2, 0.25) is 0 Å². The Kier molecular flexibility index (Phi) is 4.90. The quantitative estimate of drug-likeness (QED) is 0.665. The number of ketones is 1. The highest BCUT2D eigenvalue weighted by Gasteiger charge is 2.32. The number of H-pyrrole nitrogens is 1. The molecule has 8 heteroatoms. The summed E-state index contributed by atoms with van der Waals surface area (Å²) in [5.41, 5.74) is 1.63. The van der Waals surface area contributed by atoms with E-state index in [0.717, 1.165) is 10.9 Å². The molecule has 0 aliphatic carbocycles. The monoisotopic (exact) mass is 403 g/mol. The van der Waals surface area contributed by atoms with E-state index < -0.39 is 10.0 Å². The fourth-order valence-electron chi connectivity index (χ4n) is 3.53. The van der Waals surface area contributed by atoms with E-state index in [1.165, 1.54) is 15.6 Å². The molecule has 142 valence electrons. The molecule has 1 aliphatic heterocycles. The summed E-state index contributed by atoms with van der Waals surface area (Å²) in [7, 11) is -3.42. The largest absolute Gasteiger partial charge is 0.360 e. The molecule has 0 unspecified atom stereocenters. The van der Waals surface area contributed by atoms with E-state index >= 15 is 0 Å². The minimum absolute atomic E-state index is 0.0574. The number of benzene rings is 1. The minimum Gasteiger partial charge on any atom is -0.360 e. The number of carbonyl (C=O) groups excluding carboxylic acids is 1. The van der Waals surface area contributed by atoms with Gasteiger partial charge in [0, 0.05) is 48.8 Å². The molecule has 0 amide bonds. The predicted molar refractivity (Wildman–Crippen MR) is 107 cm³/mol. The van der Waals surface area contributed by atoms with Crippen molar-refractivity contribution in [3.05, 3.63) is 53.5 Å². The molecule has 0 spiro atoms. The molecule has 6 nitrogen and oxygen atoms in total. The number of piperazine rings is 1. The number of hydrogen-bond acceptors (Lipinski definition) is 5. The fourth-order valence-corrected chi connectivity index (χ4v) is 6.10. The van der Waals surface area contributed by atoms with Crippen LogP contribution in [-0.2, 0) is 10.0 Å². The van der Waals surface area contributed by atoms with Crippen molar-refractivity contribution in [3.8, 4) is 0 Å². The zero-order chi connectivity index (χ0) is 19.0. The number of fused-ring (bicyclic) bond motifs is 1. The summed E-state index contributed by atoms with van der Waals surface area (Å²) in [6, 6.07) is 10.8. The molecule has 2 aromatic heterocycles. The van der Waals surface area contributed by atoms with Gasteiger partial charge >= 0.3 is 0 Å². The first-order valence-electron chi connectivity index (χ1n) is 8.86. The highest BCUT2D eigenvalue weighted by Crippen LogP contribution is 2.24. The molecule has 3 aromatic rings. The lowest BCUT2D eigenvalue weighted by Gasteiger charge is -2.36. The molecule has 3 heterocycles. The van der Waals surface area contributed by atoms with Crippen molar-refractivity contribution in [3.63, 3.8) is 0 Å². The first kappa shape index (κ1) is 18.4. The number of carbonyl (C=O) groups is 1. The molecule has 4 rings (SSSR count). The Morgan fingerprint density at radius 1 is 1.11 bits per heavy atom. The number of nitrogens with zero attached hydrogens (tertiary/aromatic N) is 2. The van der Waals surface area contributed by atoms with E-state index in [4.69, 9.17) is 0 Å². The summed E-state index contributed by atoms with van der Waals surface area (Å²) in [6.07, 6.45) is 1.76. The summed E-state index contributed by atoms with van der Waals surface area (Å²) in [6.45, 7) is 3.77. The summed E-state index contributed by atoms with van der Waals surface area (Å²) >= 11 is 1.23. The average molecular weight is 404 g/mol. The summed E-state index contributed by atoms with van der Waals surface area (Å²) in [5.74, 6) is 0.0574. The maximum atomic E-state index is 13.0. The Labute approximate surface area is 162 Å². The van der Waals surface area contributed by atoms with Crippen molar-refractivity contribution in [2.45, 2.75) is 17.2 Å². The Hall–Kier alpha value is -2.00. The van der Waals surface area contributed by atoms with Crippen molar-refractivity contribution in [1.82, 2.24) is 14.2 Å². The Balaban J connectivity index is 1.46. The average Bonchev–Trinajstić information content (AvgIpc) is 3.37. The van der Waals surface area contributed by atoms with Crippen LogP contribution in [0.5, 0.6) is 0 Å². The molecule has 1 fully saturated rings. The second kappa shape index (κ2) is 7.20. The van der Waals surface area contributed by atoms with Crippen LogP contribution in [0.4, 0.5) is 0 Å². The number of aromatic nitrogens is 1. The molecular formula is C19H21N3O3S2. The van der Waals surface area contributed by atoms with Gasteiger partial charge in [-0.15, -0.1) is 11.3 Å². The molecule has 0 radical (unpaired) electrons. The van der Waals surface area contributed by atoms with E-state index in [1.54, 1.807) is 23.7 Å². The van der Waals surface area contributed by atoms with Gasteiger partial charge in [0.05, 0.1) is 6.04 Å². The van der Waals surface area contributed by atoms with Crippen LogP contribution in [0.15, 0.2) is 52.2 Å². The minimum atomic E-state index is -3.42. The lowest BCUT2D eigenvalue weighted by Crippen LogP contribution is -2.52.